The van der Waals surface area contributed by atoms with Crippen molar-refractivity contribution < 1.29 is 18.8 Å². The molecule has 0 bridgehead atoms. The zero-order chi connectivity index (χ0) is 16.9. The number of hydrogen-bond acceptors (Lipinski definition) is 7. The van der Waals surface area contributed by atoms with Crippen molar-refractivity contribution in [3.05, 3.63) is 11.7 Å². The van der Waals surface area contributed by atoms with Crippen LogP contribution in [0.5, 0.6) is 0 Å². The lowest BCUT2D eigenvalue weighted by atomic mass is 9.99. The molecule has 3 heterocycles. The maximum atomic E-state index is 12.4. The Kier molecular flexibility index (Phi) is 5.80. The van der Waals surface area contributed by atoms with Gasteiger partial charge in [0.15, 0.2) is 5.82 Å². The molecule has 2 atom stereocenters. The fourth-order valence-electron chi connectivity index (χ4n) is 3.50. The molecular formula is C16H26N4O4. The van der Waals surface area contributed by atoms with Crippen LogP contribution in [0.15, 0.2) is 4.52 Å². The Balaban J connectivity index is 1.48. The third-order valence-electron chi connectivity index (χ3n) is 4.82. The summed E-state index contributed by atoms with van der Waals surface area (Å²) in [5.74, 6) is 1.52. The van der Waals surface area contributed by atoms with E-state index >= 15 is 0 Å². The predicted molar refractivity (Wildman–Crippen MR) is 85.2 cm³/mol. The number of hydrogen-bond donors (Lipinski definition) is 0. The SMILES string of the molecule is CC[C@@H]1CN(C(=O)COCc2nc(C)no2)C[C@@H]1N1CCOCC1. The summed E-state index contributed by atoms with van der Waals surface area (Å²) in [5.41, 5.74) is 0. The smallest absolute Gasteiger partial charge is 0.252 e. The summed E-state index contributed by atoms with van der Waals surface area (Å²) in [6.45, 7) is 9.23. The first-order valence-electron chi connectivity index (χ1n) is 8.64. The molecule has 0 radical (unpaired) electrons. The van der Waals surface area contributed by atoms with Crippen molar-refractivity contribution in [3.63, 3.8) is 0 Å². The summed E-state index contributed by atoms with van der Waals surface area (Å²) in [6.07, 6.45) is 1.08. The molecule has 2 saturated heterocycles. The van der Waals surface area contributed by atoms with Gasteiger partial charge in [-0.2, -0.15) is 4.98 Å². The average Bonchev–Trinajstić information content (AvgIpc) is 3.22. The number of aromatic nitrogens is 2. The first-order chi connectivity index (χ1) is 11.7. The number of aryl methyl sites for hydroxylation is 1. The van der Waals surface area contributed by atoms with Gasteiger partial charge in [0.1, 0.15) is 13.2 Å². The number of amides is 1. The van der Waals surface area contributed by atoms with Gasteiger partial charge in [-0.3, -0.25) is 9.69 Å². The van der Waals surface area contributed by atoms with Crippen molar-refractivity contribution in [1.82, 2.24) is 19.9 Å². The van der Waals surface area contributed by atoms with E-state index < -0.39 is 0 Å². The summed E-state index contributed by atoms with van der Waals surface area (Å²) in [7, 11) is 0. The molecule has 0 aliphatic carbocycles. The van der Waals surface area contributed by atoms with Gasteiger partial charge in [-0.05, 0) is 12.8 Å². The number of morpholine rings is 1. The first-order valence-corrected chi connectivity index (χ1v) is 8.64. The molecule has 1 aromatic heterocycles. The number of likely N-dealkylation sites (tertiary alicyclic amines) is 1. The highest BCUT2D eigenvalue weighted by Gasteiger charge is 2.37. The van der Waals surface area contributed by atoms with Crippen molar-refractivity contribution in [1.29, 1.82) is 0 Å². The topological polar surface area (TPSA) is 80.9 Å². The number of ether oxygens (including phenoxy) is 2. The third kappa shape index (κ3) is 4.12. The second-order valence-electron chi connectivity index (χ2n) is 6.41. The maximum absolute atomic E-state index is 12.4. The molecule has 0 unspecified atom stereocenters. The average molecular weight is 338 g/mol. The van der Waals surface area contributed by atoms with Crippen LogP contribution in [0.2, 0.25) is 0 Å². The van der Waals surface area contributed by atoms with Gasteiger partial charge in [-0.1, -0.05) is 18.5 Å². The number of carbonyl (C=O) groups excluding carboxylic acids is 1. The summed E-state index contributed by atoms with van der Waals surface area (Å²) in [5, 5.41) is 3.70. The molecule has 1 aromatic rings. The third-order valence-corrected chi connectivity index (χ3v) is 4.82. The molecule has 2 aliphatic heterocycles. The molecule has 2 aliphatic rings. The highest BCUT2D eigenvalue weighted by molar-refractivity contribution is 5.77. The lowest BCUT2D eigenvalue weighted by Crippen LogP contribution is -2.47. The van der Waals surface area contributed by atoms with Gasteiger partial charge in [-0.15, -0.1) is 0 Å². The fraction of sp³-hybridized carbons (Fsp3) is 0.812. The minimum absolute atomic E-state index is 0.0282. The van der Waals surface area contributed by atoms with Gasteiger partial charge in [0.05, 0.1) is 13.2 Å². The standard InChI is InChI=1S/C16H26N4O4/c1-3-13-8-20(9-14(13)19-4-6-22-7-5-19)16(21)11-23-10-15-17-12(2)18-24-15/h13-14H,3-11H2,1-2H3/t13-,14+/m1/s1. The molecule has 8 nitrogen and oxygen atoms in total. The van der Waals surface area contributed by atoms with E-state index in [-0.39, 0.29) is 19.1 Å². The lowest BCUT2D eigenvalue weighted by molar-refractivity contribution is -0.136. The second-order valence-corrected chi connectivity index (χ2v) is 6.41. The summed E-state index contributed by atoms with van der Waals surface area (Å²) < 4.78 is 15.8. The Bertz CT molecular complexity index is 544. The van der Waals surface area contributed by atoms with E-state index in [0.29, 0.717) is 23.7 Å². The van der Waals surface area contributed by atoms with E-state index in [9.17, 15) is 4.79 Å². The largest absolute Gasteiger partial charge is 0.379 e. The Morgan fingerprint density at radius 3 is 2.79 bits per heavy atom. The van der Waals surface area contributed by atoms with Crippen molar-refractivity contribution in [2.24, 2.45) is 5.92 Å². The molecular weight excluding hydrogens is 312 g/mol. The Morgan fingerprint density at radius 2 is 2.12 bits per heavy atom. The number of carbonyl (C=O) groups is 1. The monoisotopic (exact) mass is 338 g/mol. The molecule has 0 N–H and O–H groups in total. The van der Waals surface area contributed by atoms with Crippen LogP contribution >= 0.6 is 0 Å². The normalized spacial score (nSPS) is 25.3. The first kappa shape index (κ1) is 17.3. The molecule has 134 valence electrons. The van der Waals surface area contributed by atoms with E-state index in [1.165, 1.54) is 0 Å². The van der Waals surface area contributed by atoms with Crippen molar-refractivity contribution in [2.45, 2.75) is 32.9 Å². The Hall–Kier alpha value is -1.51. The number of nitrogens with zero attached hydrogens (tertiary/aromatic N) is 4. The van der Waals surface area contributed by atoms with Gasteiger partial charge in [0, 0.05) is 32.2 Å². The van der Waals surface area contributed by atoms with E-state index in [1.54, 1.807) is 6.92 Å². The van der Waals surface area contributed by atoms with Crippen LogP contribution in [0.25, 0.3) is 0 Å². The predicted octanol–water partition coefficient (Wildman–Crippen LogP) is 0.464. The molecule has 24 heavy (non-hydrogen) atoms. The molecule has 8 heteroatoms. The molecule has 3 rings (SSSR count). The Labute approximate surface area is 142 Å². The zero-order valence-corrected chi connectivity index (χ0v) is 14.4. The van der Waals surface area contributed by atoms with Gasteiger partial charge >= 0.3 is 0 Å². The van der Waals surface area contributed by atoms with Crippen molar-refractivity contribution in [3.8, 4) is 0 Å². The van der Waals surface area contributed by atoms with E-state index in [1.807, 2.05) is 4.90 Å². The van der Waals surface area contributed by atoms with Crippen LogP contribution < -0.4 is 0 Å². The van der Waals surface area contributed by atoms with Crippen molar-refractivity contribution >= 4 is 5.91 Å². The molecule has 2 fully saturated rings. The van der Waals surface area contributed by atoms with Crippen LogP contribution in [-0.4, -0.2) is 77.9 Å². The van der Waals surface area contributed by atoms with Gasteiger partial charge in [0.25, 0.3) is 5.89 Å². The van der Waals surface area contributed by atoms with Gasteiger partial charge < -0.3 is 18.9 Å². The van der Waals surface area contributed by atoms with Gasteiger partial charge in [-0.25, -0.2) is 0 Å². The van der Waals surface area contributed by atoms with E-state index in [2.05, 4.69) is 22.0 Å². The van der Waals surface area contributed by atoms with E-state index in [4.69, 9.17) is 14.0 Å². The Morgan fingerprint density at radius 1 is 1.33 bits per heavy atom. The highest BCUT2D eigenvalue weighted by Crippen LogP contribution is 2.25. The highest BCUT2D eigenvalue weighted by atomic mass is 16.5. The zero-order valence-electron chi connectivity index (χ0n) is 14.4. The molecule has 0 aromatic carbocycles. The molecule has 0 saturated carbocycles. The minimum Gasteiger partial charge on any atom is -0.379 e. The van der Waals surface area contributed by atoms with Crippen LogP contribution in [-0.2, 0) is 20.9 Å². The summed E-state index contributed by atoms with van der Waals surface area (Å²) in [6, 6.07) is 0.432. The molecule has 0 spiro atoms. The van der Waals surface area contributed by atoms with Gasteiger partial charge in [0.2, 0.25) is 5.91 Å². The van der Waals surface area contributed by atoms with Crippen molar-refractivity contribution in [2.75, 3.05) is 46.0 Å². The maximum Gasteiger partial charge on any atom is 0.252 e. The number of rotatable bonds is 6. The molecule has 1 amide bonds. The summed E-state index contributed by atoms with van der Waals surface area (Å²) in [4.78, 5) is 20.9. The minimum atomic E-state index is 0.0282. The summed E-state index contributed by atoms with van der Waals surface area (Å²) >= 11 is 0. The fourth-order valence-corrected chi connectivity index (χ4v) is 3.50. The van der Waals surface area contributed by atoms with E-state index in [0.717, 1.165) is 45.8 Å². The lowest BCUT2D eigenvalue weighted by Gasteiger charge is -2.34. The van der Waals surface area contributed by atoms with Crippen LogP contribution in [0.1, 0.15) is 25.1 Å². The van der Waals surface area contributed by atoms with Crippen LogP contribution in [0.3, 0.4) is 0 Å². The van der Waals surface area contributed by atoms with Crippen LogP contribution in [0.4, 0.5) is 0 Å². The van der Waals surface area contributed by atoms with Crippen LogP contribution in [0, 0.1) is 12.8 Å². The second kappa shape index (κ2) is 8.04. The quantitative estimate of drug-likeness (QED) is 0.745.